The van der Waals surface area contributed by atoms with Crippen LogP contribution >= 0.6 is 0 Å². The summed E-state index contributed by atoms with van der Waals surface area (Å²) in [7, 11) is 0. The fourth-order valence-corrected chi connectivity index (χ4v) is 6.53. The summed E-state index contributed by atoms with van der Waals surface area (Å²) in [5.74, 6) is 3.20. The van der Waals surface area contributed by atoms with Gasteiger partial charge in [0.1, 0.15) is 6.33 Å². The molecule has 7 heteroatoms. The monoisotopic (exact) mass is 344 g/mol. The van der Waals surface area contributed by atoms with Gasteiger partial charge >= 0.3 is 0 Å². The Bertz CT molecular complexity index is 586. The maximum Gasteiger partial charge on any atom is 0.224 e. The molecule has 136 valence electrons. The molecule has 4 saturated carbocycles. The summed E-state index contributed by atoms with van der Waals surface area (Å²) in [5.41, 5.74) is 0.482. The zero-order chi connectivity index (χ0) is 16.9. The molecule has 7 nitrogen and oxygen atoms in total. The molecule has 4 aliphatic carbocycles. The van der Waals surface area contributed by atoms with Crippen molar-refractivity contribution in [3.63, 3.8) is 0 Å². The highest BCUT2D eigenvalue weighted by Gasteiger charge is 2.53. The second-order valence-corrected chi connectivity index (χ2v) is 8.83. The quantitative estimate of drug-likeness (QED) is 0.820. The molecule has 0 aromatic carbocycles. The van der Waals surface area contributed by atoms with Crippen molar-refractivity contribution in [3.8, 4) is 0 Å². The fraction of sp³-hybridized carbons (Fsp3) is 0.889. The molecule has 25 heavy (non-hydrogen) atoms. The van der Waals surface area contributed by atoms with Gasteiger partial charge in [-0.2, -0.15) is 0 Å². The lowest BCUT2D eigenvalue weighted by Gasteiger charge is -2.61. The molecule has 6 rings (SSSR count). The second-order valence-electron chi connectivity index (χ2n) is 8.83. The third kappa shape index (κ3) is 2.86. The number of hydrogen-bond donors (Lipinski definition) is 0. The van der Waals surface area contributed by atoms with E-state index in [2.05, 4.69) is 20.4 Å². The molecule has 0 unspecified atom stereocenters. The van der Waals surface area contributed by atoms with Crippen molar-refractivity contribution in [2.24, 2.45) is 17.8 Å². The Hall–Kier alpha value is -1.50. The zero-order valence-electron chi connectivity index (χ0n) is 14.9. The van der Waals surface area contributed by atoms with Crippen LogP contribution < -0.4 is 0 Å². The van der Waals surface area contributed by atoms with Crippen molar-refractivity contribution < 1.29 is 4.79 Å². The van der Waals surface area contributed by atoms with E-state index in [-0.39, 0.29) is 5.91 Å². The highest BCUT2D eigenvalue weighted by atomic mass is 16.2. The summed E-state index contributed by atoms with van der Waals surface area (Å²) < 4.78 is 1.63. The van der Waals surface area contributed by atoms with Gasteiger partial charge in [0.25, 0.3) is 0 Å². The number of rotatable bonds is 4. The Morgan fingerprint density at radius 3 is 2.20 bits per heavy atom. The molecule has 0 atom stereocenters. The van der Waals surface area contributed by atoms with E-state index in [0.29, 0.717) is 18.5 Å². The van der Waals surface area contributed by atoms with Crippen molar-refractivity contribution in [1.29, 1.82) is 0 Å². The molecular weight excluding hydrogens is 316 g/mol. The number of aryl methyl sites for hydroxylation is 1. The summed E-state index contributed by atoms with van der Waals surface area (Å²) in [4.78, 5) is 17.3. The van der Waals surface area contributed by atoms with E-state index in [1.165, 1.54) is 38.5 Å². The molecule has 0 spiro atoms. The molecule has 1 aromatic rings. The molecule has 1 aromatic heterocycles. The van der Waals surface area contributed by atoms with Crippen LogP contribution in [0.15, 0.2) is 6.33 Å². The fourth-order valence-electron chi connectivity index (χ4n) is 6.53. The zero-order valence-corrected chi connectivity index (χ0v) is 14.9. The predicted molar refractivity (Wildman–Crippen MR) is 91.5 cm³/mol. The highest BCUT2D eigenvalue weighted by molar-refractivity contribution is 5.76. The van der Waals surface area contributed by atoms with Crippen LogP contribution in [0.1, 0.15) is 44.9 Å². The van der Waals surface area contributed by atoms with Gasteiger partial charge in [-0.1, -0.05) is 0 Å². The van der Waals surface area contributed by atoms with Crippen molar-refractivity contribution >= 4 is 5.91 Å². The molecule has 5 fully saturated rings. The van der Waals surface area contributed by atoms with Crippen molar-refractivity contribution in [3.05, 3.63) is 6.33 Å². The Morgan fingerprint density at radius 1 is 1.00 bits per heavy atom. The molecule has 4 bridgehead atoms. The SMILES string of the molecule is O=C(CCn1cnnn1)N1CCN(C23CC4CC(CC(C4)C2)C3)CC1. The first-order chi connectivity index (χ1) is 12.2. The summed E-state index contributed by atoms with van der Waals surface area (Å²) in [6.45, 7) is 4.46. The summed E-state index contributed by atoms with van der Waals surface area (Å²) in [6, 6.07) is 0. The van der Waals surface area contributed by atoms with E-state index in [4.69, 9.17) is 0 Å². The highest BCUT2D eigenvalue weighted by Crippen LogP contribution is 2.57. The van der Waals surface area contributed by atoms with Crippen LogP contribution in [0.25, 0.3) is 0 Å². The number of carbonyl (C=O) groups is 1. The lowest BCUT2D eigenvalue weighted by atomic mass is 9.52. The minimum absolute atomic E-state index is 0.237. The second kappa shape index (κ2) is 6.04. The van der Waals surface area contributed by atoms with Crippen LogP contribution in [0.4, 0.5) is 0 Å². The van der Waals surface area contributed by atoms with Gasteiger partial charge in [-0.15, -0.1) is 5.10 Å². The third-order valence-electron chi connectivity index (χ3n) is 7.26. The number of hydrogen-bond acceptors (Lipinski definition) is 5. The number of piperazine rings is 1. The topological polar surface area (TPSA) is 67.2 Å². The van der Waals surface area contributed by atoms with Gasteiger partial charge in [-0.25, -0.2) is 4.68 Å². The average Bonchev–Trinajstić information content (AvgIpc) is 3.12. The number of amides is 1. The van der Waals surface area contributed by atoms with E-state index >= 15 is 0 Å². The largest absolute Gasteiger partial charge is 0.340 e. The van der Waals surface area contributed by atoms with Crippen LogP contribution in [-0.2, 0) is 11.3 Å². The molecule has 1 aliphatic heterocycles. The summed E-state index contributed by atoms with van der Waals surface area (Å²) in [5, 5.41) is 11.1. The van der Waals surface area contributed by atoms with Gasteiger partial charge in [0.15, 0.2) is 0 Å². The lowest BCUT2D eigenvalue weighted by Crippen LogP contribution is -2.64. The minimum Gasteiger partial charge on any atom is -0.340 e. The number of aromatic nitrogens is 4. The van der Waals surface area contributed by atoms with Gasteiger partial charge in [-0.3, -0.25) is 9.69 Å². The first-order valence-electron chi connectivity index (χ1n) is 9.94. The molecular formula is C18H28N6O. The maximum absolute atomic E-state index is 12.5. The van der Waals surface area contributed by atoms with E-state index in [1.807, 2.05) is 4.90 Å². The Kier molecular flexibility index (Phi) is 3.80. The van der Waals surface area contributed by atoms with E-state index in [0.717, 1.165) is 43.9 Å². The van der Waals surface area contributed by atoms with Crippen LogP contribution in [-0.4, -0.2) is 67.6 Å². The van der Waals surface area contributed by atoms with Crippen LogP contribution in [0.3, 0.4) is 0 Å². The first kappa shape index (κ1) is 15.7. The standard InChI is InChI=1S/C18H28N6O/c25-17(1-2-24-13-19-20-21-24)22-3-5-23(6-4-22)18-10-14-7-15(11-18)9-16(8-14)12-18/h13-16H,1-12H2. The van der Waals surface area contributed by atoms with Crippen molar-refractivity contribution in [1.82, 2.24) is 30.0 Å². The molecule has 1 amide bonds. The van der Waals surface area contributed by atoms with E-state index in [9.17, 15) is 4.79 Å². The smallest absolute Gasteiger partial charge is 0.224 e. The maximum atomic E-state index is 12.5. The van der Waals surface area contributed by atoms with E-state index < -0.39 is 0 Å². The minimum atomic E-state index is 0.237. The predicted octanol–water partition coefficient (Wildman–Crippen LogP) is 1.18. The summed E-state index contributed by atoms with van der Waals surface area (Å²) in [6.07, 6.45) is 10.8. The molecule has 0 N–H and O–H groups in total. The lowest BCUT2D eigenvalue weighted by molar-refractivity contribution is -0.138. The summed E-state index contributed by atoms with van der Waals surface area (Å²) >= 11 is 0. The average molecular weight is 344 g/mol. The van der Waals surface area contributed by atoms with Gasteiger partial charge in [0.05, 0.1) is 6.54 Å². The number of nitrogens with zero attached hydrogens (tertiary/aromatic N) is 6. The normalized spacial score (nSPS) is 37.6. The van der Waals surface area contributed by atoms with Crippen molar-refractivity contribution in [2.75, 3.05) is 26.2 Å². The van der Waals surface area contributed by atoms with E-state index in [1.54, 1.807) is 11.0 Å². The molecule has 0 radical (unpaired) electrons. The molecule has 5 aliphatic rings. The molecule has 1 saturated heterocycles. The van der Waals surface area contributed by atoms with Gasteiger partial charge in [0, 0.05) is 38.1 Å². The van der Waals surface area contributed by atoms with Crippen LogP contribution in [0, 0.1) is 17.8 Å². The van der Waals surface area contributed by atoms with Gasteiger partial charge in [-0.05, 0) is 66.7 Å². The Balaban J connectivity index is 1.17. The number of tetrazole rings is 1. The third-order valence-corrected chi connectivity index (χ3v) is 7.26. The van der Waals surface area contributed by atoms with Crippen LogP contribution in [0.5, 0.6) is 0 Å². The van der Waals surface area contributed by atoms with Gasteiger partial charge < -0.3 is 4.90 Å². The Labute approximate surface area is 148 Å². The van der Waals surface area contributed by atoms with Crippen molar-refractivity contribution in [2.45, 2.75) is 57.0 Å². The Morgan fingerprint density at radius 2 is 1.64 bits per heavy atom. The molecule has 2 heterocycles. The number of carbonyl (C=O) groups excluding carboxylic acids is 1. The van der Waals surface area contributed by atoms with Gasteiger partial charge in [0.2, 0.25) is 5.91 Å². The first-order valence-corrected chi connectivity index (χ1v) is 9.94. The van der Waals surface area contributed by atoms with Crippen LogP contribution in [0.2, 0.25) is 0 Å².